The van der Waals surface area contributed by atoms with E-state index >= 15 is 0 Å². The Morgan fingerprint density at radius 1 is 1.14 bits per heavy atom. The number of nitrogens with one attached hydrogen (secondary N) is 1. The molecule has 0 aliphatic carbocycles. The number of rotatable bonds is 4. The molecular formula is C22H28N6O. The Hall–Kier alpha value is -2.96. The van der Waals surface area contributed by atoms with Crippen molar-refractivity contribution in [3.63, 3.8) is 0 Å². The molecule has 4 rings (SSSR count). The van der Waals surface area contributed by atoms with Gasteiger partial charge in [-0.2, -0.15) is 5.10 Å². The molecule has 1 aromatic carbocycles. The lowest BCUT2D eigenvalue weighted by molar-refractivity contribution is -0.115. The van der Waals surface area contributed by atoms with Crippen LogP contribution in [0, 0.1) is 20.8 Å². The standard InChI is InChI=1S/C22H28N6O/c1-14-9-10-17(22-25-24-20-8-6-5-7-11-28(20)22)12-19(14)23-21(29)13-18-15(2)26-27(4)16(18)3/h9-10,12H,5-8,11,13H2,1-4H3,(H,23,29). The molecule has 0 saturated carbocycles. The molecule has 0 saturated heterocycles. The second kappa shape index (κ2) is 7.81. The topological polar surface area (TPSA) is 77.6 Å². The summed E-state index contributed by atoms with van der Waals surface area (Å²) in [5.74, 6) is 1.91. The molecule has 29 heavy (non-hydrogen) atoms. The molecule has 0 radical (unpaired) electrons. The van der Waals surface area contributed by atoms with Gasteiger partial charge in [0.1, 0.15) is 5.82 Å². The van der Waals surface area contributed by atoms with Crippen LogP contribution in [-0.4, -0.2) is 30.5 Å². The maximum absolute atomic E-state index is 12.7. The molecule has 152 valence electrons. The zero-order chi connectivity index (χ0) is 20.5. The Bertz CT molecular complexity index is 1060. The number of anilines is 1. The normalized spacial score (nSPS) is 13.8. The molecule has 7 heteroatoms. The zero-order valence-corrected chi connectivity index (χ0v) is 17.6. The molecule has 0 fully saturated rings. The molecule has 3 heterocycles. The summed E-state index contributed by atoms with van der Waals surface area (Å²) in [5.41, 5.74) is 5.74. The van der Waals surface area contributed by atoms with Gasteiger partial charge in [0.15, 0.2) is 5.82 Å². The fraction of sp³-hybridized carbons (Fsp3) is 0.455. The van der Waals surface area contributed by atoms with Crippen molar-refractivity contribution in [3.8, 4) is 11.4 Å². The minimum absolute atomic E-state index is 0.0375. The van der Waals surface area contributed by atoms with Gasteiger partial charge in [0.25, 0.3) is 0 Å². The van der Waals surface area contributed by atoms with Gasteiger partial charge in [-0.15, -0.1) is 10.2 Å². The minimum Gasteiger partial charge on any atom is -0.326 e. The SMILES string of the molecule is Cc1ccc(-c2nnc3n2CCCCC3)cc1NC(=O)Cc1c(C)nn(C)c1C. The van der Waals surface area contributed by atoms with Gasteiger partial charge in [0, 0.05) is 42.5 Å². The molecule has 1 N–H and O–H groups in total. The highest BCUT2D eigenvalue weighted by Crippen LogP contribution is 2.27. The van der Waals surface area contributed by atoms with Gasteiger partial charge in [0.2, 0.25) is 5.91 Å². The number of carbonyl (C=O) groups is 1. The summed E-state index contributed by atoms with van der Waals surface area (Å²) in [5, 5.41) is 16.3. The molecule has 0 atom stereocenters. The van der Waals surface area contributed by atoms with Crippen molar-refractivity contribution in [3.05, 3.63) is 46.5 Å². The summed E-state index contributed by atoms with van der Waals surface area (Å²) in [6.45, 7) is 6.89. The van der Waals surface area contributed by atoms with Gasteiger partial charge in [-0.05, 0) is 45.2 Å². The third kappa shape index (κ3) is 3.81. The lowest BCUT2D eigenvalue weighted by Crippen LogP contribution is -2.16. The van der Waals surface area contributed by atoms with Crippen LogP contribution in [0.25, 0.3) is 11.4 Å². The van der Waals surface area contributed by atoms with Gasteiger partial charge in [-0.25, -0.2) is 0 Å². The molecule has 0 spiro atoms. The lowest BCUT2D eigenvalue weighted by Gasteiger charge is -2.12. The predicted molar refractivity (Wildman–Crippen MR) is 113 cm³/mol. The van der Waals surface area contributed by atoms with Crippen LogP contribution < -0.4 is 5.32 Å². The van der Waals surface area contributed by atoms with Crippen LogP contribution in [0.3, 0.4) is 0 Å². The molecule has 1 aliphatic rings. The Morgan fingerprint density at radius 3 is 2.72 bits per heavy atom. The molecule has 1 aliphatic heterocycles. The van der Waals surface area contributed by atoms with Gasteiger partial charge < -0.3 is 9.88 Å². The maximum Gasteiger partial charge on any atom is 0.228 e. The van der Waals surface area contributed by atoms with Crippen molar-refractivity contribution in [2.45, 2.75) is 59.4 Å². The average molecular weight is 393 g/mol. The maximum atomic E-state index is 12.7. The Morgan fingerprint density at radius 2 is 1.97 bits per heavy atom. The van der Waals surface area contributed by atoms with Gasteiger partial charge in [0.05, 0.1) is 12.1 Å². The number of nitrogens with zero attached hydrogens (tertiary/aromatic N) is 5. The summed E-state index contributed by atoms with van der Waals surface area (Å²) in [6.07, 6.45) is 4.84. The van der Waals surface area contributed by atoms with Crippen LogP contribution in [-0.2, 0) is 31.2 Å². The van der Waals surface area contributed by atoms with E-state index in [1.165, 1.54) is 12.8 Å². The van der Waals surface area contributed by atoms with E-state index in [0.29, 0.717) is 6.42 Å². The van der Waals surface area contributed by atoms with E-state index in [1.807, 2.05) is 44.6 Å². The second-order valence-electron chi connectivity index (χ2n) is 7.93. The van der Waals surface area contributed by atoms with Crippen molar-refractivity contribution >= 4 is 11.6 Å². The first kappa shape index (κ1) is 19.4. The number of hydrogen-bond donors (Lipinski definition) is 1. The Kier molecular flexibility index (Phi) is 5.22. The first-order valence-corrected chi connectivity index (χ1v) is 10.3. The lowest BCUT2D eigenvalue weighted by atomic mass is 10.1. The summed E-state index contributed by atoms with van der Waals surface area (Å²) in [7, 11) is 1.90. The quantitative estimate of drug-likeness (QED) is 0.737. The zero-order valence-electron chi connectivity index (χ0n) is 17.6. The third-order valence-corrected chi connectivity index (χ3v) is 5.88. The highest BCUT2D eigenvalue weighted by atomic mass is 16.1. The van der Waals surface area contributed by atoms with Crippen molar-refractivity contribution in [1.29, 1.82) is 0 Å². The van der Waals surface area contributed by atoms with Crippen LogP contribution in [0.5, 0.6) is 0 Å². The monoisotopic (exact) mass is 392 g/mol. The number of fused-ring (bicyclic) bond motifs is 1. The highest BCUT2D eigenvalue weighted by Gasteiger charge is 2.18. The van der Waals surface area contributed by atoms with E-state index in [0.717, 1.165) is 64.8 Å². The van der Waals surface area contributed by atoms with Crippen molar-refractivity contribution < 1.29 is 4.79 Å². The number of carbonyl (C=O) groups excluding carboxylic acids is 1. The summed E-state index contributed by atoms with van der Waals surface area (Å²) in [4.78, 5) is 12.7. The number of benzene rings is 1. The van der Waals surface area contributed by atoms with E-state index in [4.69, 9.17) is 0 Å². The fourth-order valence-corrected chi connectivity index (χ4v) is 4.02. The van der Waals surface area contributed by atoms with Crippen molar-refractivity contribution in [2.24, 2.45) is 7.05 Å². The summed E-state index contributed by atoms with van der Waals surface area (Å²) in [6, 6.07) is 6.10. The van der Waals surface area contributed by atoms with E-state index in [-0.39, 0.29) is 5.91 Å². The van der Waals surface area contributed by atoms with Crippen LogP contribution in [0.2, 0.25) is 0 Å². The molecule has 0 unspecified atom stereocenters. The Labute approximate surface area is 171 Å². The van der Waals surface area contributed by atoms with Crippen molar-refractivity contribution in [2.75, 3.05) is 5.32 Å². The average Bonchev–Trinajstić information content (AvgIpc) is 3.08. The molecule has 7 nitrogen and oxygen atoms in total. The second-order valence-corrected chi connectivity index (χ2v) is 7.93. The van der Waals surface area contributed by atoms with Crippen molar-refractivity contribution in [1.82, 2.24) is 24.5 Å². The third-order valence-electron chi connectivity index (χ3n) is 5.88. The van der Waals surface area contributed by atoms with Crippen LogP contribution in [0.1, 0.15) is 47.6 Å². The number of aromatic nitrogens is 5. The minimum atomic E-state index is -0.0375. The van der Waals surface area contributed by atoms with Gasteiger partial charge >= 0.3 is 0 Å². The largest absolute Gasteiger partial charge is 0.326 e. The fourth-order valence-electron chi connectivity index (χ4n) is 4.02. The van der Waals surface area contributed by atoms with Crippen LogP contribution in [0.4, 0.5) is 5.69 Å². The van der Waals surface area contributed by atoms with E-state index in [9.17, 15) is 4.79 Å². The van der Waals surface area contributed by atoms with Crippen LogP contribution >= 0.6 is 0 Å². The number of aryl methyl sites for hydroxylation is 4. The van der Waals surface area contributed by atoms with Crippen LogP contribution in [0.15, 0.2) is 18.2 Å². The summed E-state index contributed by atoms with van der Waals surface area (Å²) >= 11 is 0. The van der Waals surface area contributed by atoms with E-state index in [2.05, 4.69) is 31.2 Å². The number of hydrogen-bond acceptors (Lipinski definition) is 4. The first-order valence-electron chi connectivity index (χ1n) is 10.3. The smallest absolute Gasteiger partial charge is 0.228 e. The number of amides is 1. The van der Waals surface area contributed by atoms with Gasteiger partial charge in [-0.3, -0.25) is 9.48 Å². The Balaban J connectivity index is 1.58. The summed E-state index contributed by atoms with van der Waals surface area (Å²) < 4.78 is 4.05. The predicted octanol–water partition coefficient (Wildman–Crippen LogP) is 3.51. The van der Waals surface area contributed by atoms with E-state index in [1.54, 1.807) is 0 Å². The molecule has 1 amide bonds. The molecule has 2 aromatic heterocycles. The van der Waals surface area contributed by atoms with E-state index < -0.39 is 0 Å². The molecule has 3 aromatic rings. The molecule has 0 bridgehead atoms. The highest BCUT2D eigenvalue weighted by molar-refractivity contribution is 5.93. The first-order chi connectivity index (χ1) is 13.9. The van der Waals surface area contributed by atoms with Gasteiger partial charge in [-0.1, -0.05) is 18.6 Å². The molecular weight excluding hydrogens is 364 g/mol.